The predicted molar refractivity (Wildman–Crippen MR) is 92.1 cm³/mol. The van der Waals surface area contributed by atoms with Crippen LogP contribution in [0.4, 0.5) is 18.9 Å². The molecule has 0 radical (unpaired) electrons. The zero-order valence-corrected chi connectivity index (χ0v) is 13.8. The standard InChI is InChI=1S/C17H17F3N2OS/c1-2-23-15-6-4-3-5-12(15)11-21-16(24)22-14-9-7-13(8-10-14)17(18,19)20/h3-10H,2,11H2,1H3,(H2,21,22,24). The molecule has 0 aliphatic carbocycles. The first kappa shape index (κ1) is 18.1. The first-order valence-electron chi connectivity index (χ1n) is 7.33. The largest absolute Gasteiger partial charge is 0.494 e. The lowest BCUT2D eigenvalue weighted by atomic mass is 10.2. The van der Waals surface area contributed by atoms with Gasteiger partial charge in [-0.05, 0) is 49.5 Å². The van der Waals surface area contributed by atoms with Gasteiger partial charge in [0.05, 0.1) is 12.2 Å². The summed E-state index contributed by atoms with van der Waals surface area (Å²) in [5.41, 5.74) is 0.729. The third-order valence-electron chi connectivity index (χ3n) is 3.18. The van der Waals surface area contributed by atoms with Gasteiger partial charge in [-0.1, -0.05) is 18.2 Å². The first-order valence-corrected chi connectivity index (χ1v) is 7.74. The fourth-order valence-corrected chi connectivity index (χ4v) is 2.23. The molecule has 2 N–H and O–H groups in total. The Morgan fingerprint density at radius 1 is 1.08 bits per heavy atom. The van der Waals surface area contributed by atoms with Crippen LogP contribution in [0.5, 0.6) is 5.75 Å². The molecule has 0 heterocycles. The summed E-state index contributed by atoms with van der Waals surface area (Å²) in [5, 5.41) is 6.18. The minimum absolute atomic E-state index is 0.320. The van der Waals surface area contributed by atoms with E-state index in [1.807, 2.05) is 31.2 Å². The summed E-state index contributed by atoms with van der Waals surface area (Å²) >= 11 is 5.16. The normalized spacial score (nSPS) is 11.0. The summed E-state index contributed by atoms with van der Waals surface area (Å²) < 4.78 is 43.1. The van der Waals surface area contributed by atoms with Crippen molar-refractivity contribution in [2.45, 2.75) is 19.6 Å². The van der Waals surface area contributed by atoms with Gasteiger partial charge in [-0.15, -0.1) is 0 Å². The average Bonchev–Trinajstić information content (AvgIpc) is 2.54. The van der Waals surface area contributed by atoms with Crippen molar-refractivity contribution in [2.75, 3.05) is 11.9 Å². The molecule has 2 aromatic rings. The number of rotatable bonds is 5. The zero-order valence-electron chi connectivity index (χ0n) is 13.0. The van der Waals surface area contributed by atoms with Gasteiger partial charge in [-0.2, -0.15) is 13.2 Å². The van der Waals surface area contributed by atoms with E-state index in [4.69, 9.17) is 17.0 Å². The number of para-hydroxylation sites is 1. The quantitative estimate of drug-likeness (QED) is 0.770. The summed E-state index contributed by atoms with van der Waals surface area (Å²) in [7, 11) is 0. The third kappa shape index (κ3) is 5.13. The highest BCUT2D eigenvalue weighted by Crippen LogP contribution is 2.29. The number of alkyl halides is 3. The molecule has 2 aromatic carbocycles. The first-order chi connectivity index (χ1) is 11.4. The van der Waals surface area contributed by atoms with Gasteiger partial charge in [0.15, 0.2) is 5.11 Å². The molecular formula is C17H17F3N2OS. The van der Waals surface area contributed by atoms with Gasteiger partial charge in [-0.25, -0.2) is 0 Å². The van der Waals surface area contributed by atoms with Crippen LogP contribution in [0.15, 0.2) is 48.5 Å². The van der Waals surface area contributed by atoms with E-state index in [-0.39, 0.29) is 0 Å². The number of benzene rings is 2. The highest BCUT2D eigenvalue weighted by molar-refractivity contribution is 7.80. The number of hydrogen-bond acceptors (Lipinski definition) is 2. The predicted octanol–water partition coefficient (Wildman–Crippen LogP) is 4.59. The van der Waals surface area contributed by atoms with Gasteiger partial charge in [0.25, 0.3) is 0 Å². The van der Waals surface area contributed by atoms with Crippen molar-refractivity contribution in [3.63, 3.8) is 0 Å². The van der Waals surface area contributed by atoms with E-state index >= 15 is 0 Å². The van der Waals surface area contributed by atoms with Crippen molar-refractivity contribution < 1.29 is 17.9 Å². The van der Waals surface area contributed by atoms with Gasteiger partial charge in [0.2, 0.25) is 0 Å². The molecule has 0 aromatic heterocycles. The Labute approximate surface area is 143 Å². The lowest BCUT2D eigenvalue weighted by molar-refractivity contribution is -0.137. The Kier molecular flexibility index (Phi) is 6.03. The molecule has 0 bridgehead atoms. The highest BCUT2D eigenvalue weighted by Gasteiger charge is 2.29. The molecule has 2 rings (SSSR count). The smallest absolute Gasteiger partial charge is 0.416 e. The monoisotopic (exact) mass is 354 g/mol. The SMILES string of the molecule is CCOc1ccccc1CNC(=S)Nc1ccc(C(F)(F)F)cc1. The number of anilines is 1. The molecular weight excluding hydrogens is 337 g/mol. The van der Waals surface area contributed by atoms with Crippen LogP contribution in [-0.2, 0) is 12.7 Å². The zero-order chi connectivity index (χ0) is 17.6. The van der Waals surface area contributed by atoms with Crippen LogP contribution in [0.2, 0.25) is 0 Å². The van der Waals surface area contributed by atoms with Gasteiger partial charge in [-0.3, -0.25) is 0 Å². The fraction of sp³-hybridized carbons (Fsp3) is 0.235. The Bertz CT molecular complexity index is 687. The van der Waals surface area contributed by atoms with Gasteiger partial charge >= 0.3 is 6.18 Å². The highest BCUT2D eigenvalue weighted by atomic mass is 32.1. The van der Waals surface area contributed by atoms with E-state index < -0.39 is 11.7 Å². The van der Waals surface area contributed by atoms with Gasteiger partial charge < -0.3 is 15.4 Å². The van der Waals surface area contributed by atoms with Crippen molar-refractivity contribution in [2.24, 2.45) is 0 Å². The lowest BCUT2D eigenvalue weighted by Crippen LogP contribution is -2.28. The van der Waals surface area contributed by atoms with E-state index in [0.717, 1.165) is 23.4 Å². The maximum absolute atomic E-state index is 12.5. The molecule has 0 aliphatic heterocycles. The van der Waals surface area contributed by atoms with Crippen LogP contribution < -0.4 is 15.4 Å². The van der Waals surface area contributed by atoms with Gasteiger partial charge in [0, 0.05) is 17.8 Å². The molecule has 3 nitrogen and oxygen atoms in total. The maximum Gasteiger partial charge on any atom is 0.416 e. The van der Waals surface area contributed by atoms with Crippen LogP contribution >= 0.6 is 12.2 Å². The topological polar surface area (TPSA) is 33.3 Å². The minimum atomic E-state index is -4.35. The molecule has 24 heavy (non-hydrogen) atoms. The van der Waals surface area contributed by atoms with E-state index in [0.29, 0.717) is 24.0 Å². The molecule has 0 aliphatic rings. The second kappa shape index (κ2) is 8.01. The van der Waals surface area contributed by atoms with Crippen LogP contribution in [0.1, 0.15) is 18.1 Å². The molecule has 0 saturated carbocycles. The molecule has 0 unspecified atom stereocenters. The van der Waals surface area contributed by atoms with Crippen molar-refractivity contribution in [3.8, 4) is 5.75 Å². The summed E-state index contributed by atoms with van der Waals surface area (Å²) in [5.74, 6) is 0.768. The van der Waals surface area contributed by atoms with Gasteiger partial charge in [0.1, 0.15) is 5.75 Å². The molecule has 0 amide bonds. The Balaban J connectivity index is 1.92. The average molecular weight is 354 g/mol. The van der Waals surface area contributed by atoms with Crippen molar-refractivity contribution in [3.05, 3.63) is 59.7 Å². The van der Waals surface area contributed by atoms with E-state index in [9.17, 15) is 13.2 Å². The van der Waals surface area contributed by atoms with Crippen LogP contribution in [0.25, 0.3) is 0 Å². The summed E-state index contributed by atoms with van der Waals surface area (Å²) in [4.78, 5) is 0. The Hall–Kier alpha value is -2.28. The molecule has 128 valence electrons. The molecule has 0 saturated heterocycles. The number of thiocarbonyl (C=S) groups is 1. The van der Waals surface area contributed by atoms with E-state index in [1.165, 1.54) is 12.1 Å². The number of nitrogens with one attached hydrogen (secondary N) is 2. The number of ether oxygens (including phenoxy) is 1. The minimum Gasteiger partial charge on any atom is -0.494 e. The van der Waals surface area contributed by atoms with E-state index in [2.05, 4.69) is 10.6 Å². The summed E-state index contributed by atoms with van der Waals surface area (Å²) in [6, 6.07) is 12.3. The van der Waals surface area contributed by atoms with Crippen molar-refractivity contribution >= 4 is 23.0 Å². The summed E-state index contributed by atoms with van der Waals surface area (Å²) in [6.45, 7) is 2.91. The van der Waals surface area contributed by atoms with Crippen LogP contribution in [0, 0.1) is 0 Å². The molecule has 0 spiro atoms. The van der Waals surface area contributed by atoms with Crippen molar-refractivity contribution in [1.29, 1.82) is 0 Å². The molecule has 0 fully saturated rings. The maximum atomic E-state index is 12.5. The Morgan fingerprint density at radius 3 is 2.38 bits per heavy atom. The Morgan fingerprint density at radius 2 is 1.75 bits per heavy atom. The van der Waals surface area contributed by atoms with Crippen molar-refractivity contribution in [1.82, 2.24) is 5.32 Å². The second-order valence-electron chi connectivity index (χ2n) is 4.92. The molecule has 0 atom stereocenters. The van der Waals surface area contributed by atoms with Crippen LogP contribution in [0.3, 0.4) is 0 Å². The summed E-state index contributed by atoms with van der Waals surface area (Å²) in [6.07, 6.45) is -4.35. The number of halogens is 3. The number of hydrogen-bond donors (Lipinski definition) is 2. The lowest BCUT2D eigenvalue weighted by Gasteiger charge is -2.14. The third-order valence-corrected chi connectivity index (χ3v) is 3.43. The fourth-order valence-electron chi connectivity index (χ4n) is 2.04. The van der Waals surface area contributed by atoms with Crippen LogP contribution in [-0.4, -0.2) is 11.7 Å². The van der Waals surface area contributed by atoms with E-state index in [1.54, 1.807) is 0 Å². The second-order valence-corrected chi connectivity index (χ2v) is 5.33. The molecule has 7 heteroatoms.